The Morgan fingerprint density at radius 1 is 0.962 bits per heavy atom. The van der Waals surface area contributed by atoms with Crippen molar-refractivity contribution in [1.29, 1.82) is 0 Å². The van der Waals surface area contributed by atoms with Gasteiger partial charge in [0.25, 0.3) is 5.91 Å². The molecule has 4 amide bonds. The zero-order chi connectivity index (χ0) is 37.3. The lowest BCUT2D eigenvalue weighted by molar-refractivity contribution is -0.143. The molecule has 0 bridgehead atoms. The molecule has 2 aromatic rings. The molecule has 0 aromatic heterocycles. The van der Waals surface area contributed by atoms with Gasteiger partial charge in [-0.2, -0.15) is 0 Å². The SMILES string of the molecule is C=CC[C@@H](NC(=O)OCc1ccccc1)C(=O)N1C[C@H](OCc2ccc(Cl)cc2)C[C@H]1C(=O)N[C@@H](CCCCN)C(=O)C(=O)NCC1CCOCC1. The predicted octanol–water partition coefficient (Wildman–Crippen LogP) is 3.42. The zero-order valence-electron chi connectivity index (χ0n) is 29.4. The number of likely N-dealkylation sites (tertiary alicyclic amines) is 1. The van der Waals surface area contributed by atoms with E-state index in [2.05, 4.69) is 22.5 Å². The Morgan fingerprint density at radius 2 is 1.67 bits per heavy atom. The molecule has 2 aromatic carbocycles. The first-order valence-corrected chi connectivity index (χ1v) is 18.2. The Morgan fingerprint density at radius 3 is 2.37 bits per heavy atom. The molecule has 2 saturated heterocycles. The fourth-order valence-electron chi connectivity index (χ4n) is 6.16. The number of nitrogens with two attached hydrogens (primary N) is 1. The lowest BCUT2D eigenvalue weighted by atomic mass is 9.99. The molecule has 0 aliphatic carbocycles. The second-order valence-corrected chi connectivity index (χ2v) is 13.5. The molecule has 2 fully saturated rings. The second kappa shape index (κ2) is 21.3. The van der Waals surface area contributed by atoms with Gasteiger partial charge in [-0.3, -0.25) is 19.2 Å². The third kappa shape index (κ3) is 12.7. The van der Waals surface area contributed by atoms with Gasteiger partial charge in [0.2, 0.25) is 17.6 Å². The summed E-state index contributed by atoms with van der Waals surface area (Å²) in [5.41, 5.74) is 7.31. The van der Waals surface area contributed by atoms with Crippen molar-refractivity contribution in [3.63, 3.8) is 0 Å². The average Bonchev–Trinajstić information content (AvgIpc) is 3.60. The largest absolute Gasteiger partial charge is 0.445 e. The molecule has 52 heavy (non-hydrogen) atoms. The molecule has 0 spiro atoms. The third-order valence-electron chi connectivity index (χ3n) is 9.15. The van der Waals surface area contributed by atoms with E-state index in [0.717, 1.165) is 24.0 Å². The van der Waals surface area contributed by atoms with Crippen LogP contribution in [0.2, 0.25) is 5.02 Å². The van der Waals surface area contributed by atoms with E-state index in [9.17, 15) is 24.0 Å². The van der Waals surface area contributed by atoms with Crippen LogP contribution in [0.3, 0.4) is 0 Å². The van der Waals surface area contributed by atoms with Crippen LogP contribution in [-0.2, 0) is 46.6 Å². The van der Waals surface area contributed by atoms with E-state index < -0.39 is 53.8 Å². The number of unbranched alkanes of at least 4 members (excludes halogenated alkanes) is 1. The molecule has 4 atom stereocenters. The van der Waals surface area contributed by atoms with Crippen LogP contribution in [0, 0.1) is 5.92 Å². The number of Topliss-reactive ketones (excluding diaryl/α,β-unsaturated/α-hetero) is 1. The van der Waals surface area contributed by atoms with Crippen LogP contribution >= 0.6 is 11.6 Å². The van der Waals surface area contributed by atoms with Crippen LogP contribution in [0.15, 0.2) is 67.3 Å². The molecule has 0 saturated carbocycles. The summed E-state index contributed by atoms with van der Waals surface area (Å²) in [6, 6.07) is 12.9. The van der Waals surface area contributed by atoms with Gasteiger partial charge in [0.15, 0.2) is 0 Å². The van der Waals surface area contributed by atoms with E-state index in [0.29, 0.717) is 44.2 Å². The van der Waals surface area contributed by atoms with E-state index >= 15 is 0 Å². The first-order chi connectivity index (χ1) is 25.2. The van der Waals surface area contributed by atoms with Gasteiger partial charge >= 0.3 is 6.09 Å². The van der Waals surface area contributed by atoms with Gasteiger partial charge in [-0.15, -0.1) is 6.58 Å². The molecule has 14 heteroatoms. The number of hydrogen-bond donors (Lipinski definition) is 4. The number of ketones is 1. The van der Waals surface area contributed by atoms with Crippen LogP contribution in [0.25, 0.3) is 0 Å². The monoisotopic (exact) mass is 739 g/mol. The van der Waals surface area contributed by atoms with E-state index in [1.54, 1.807) is 24.3 Å². The minimum Gasteiger partial charge on any atom is -0.445 e. The van der Waals surface area contributed by atoms with Crippen LogP contribution in [0.5, 0.6) is 0 Å². The van der Waals surface area contributed by atoms with Crippen molar-refractivity contribution in [2.24, 2.45) is 11.7 Å². The molecule has 2 heterocycles. The van der Waals surface area contributed by atoms with Crippen molar-refractivity contribution in [2.45, 2.75) is 82.4 Å². The van der Waals surface area contributed by atoms with Gasteiger partial charge in [0, 0.05) is 37.7 Å². The Labute approximate surface area is 309 Å². The molecule has 5 N–H and O–H groups in total. The third-order valence-corrected chi connectivity index (χ3v) is 9.40. The second-order valence-electron chi connectivity index (χ2n) is 13.1. The summed E-state index contributed by atoms with van der Waals surface area (Å²) in [7, 11) is 0. The highest BCUT2D eigenvalue weighted by Gasteiger charge is 2.43. The smallest absolute Gasteiger partial charge is 0.408 e. The maximum atomic E-state index is 14.1. The number of halogens is 1. The van der Waals surface area contributed by atoms with Gasteiger partial charge in [0.1, 0.15) is 18.7 Å². The number of amides is 4. The number of carbonyl (C=O) groups excluding carboxylic acids is 5. The van der Waals surface area contributed by atoms with Crippen molar-refractivity contribution in [3.05, 3.63) is 83.4 Å². The Balaban J connectivity index is 1.48. The van der Waals surface area contributed by atoms with E-state index in [1.807, 2.05) is 30.3 Å². The lowest BCUT2D eigenvalue weighted by Crippen LogP contribution is -2.56. The van der Waals surface area contributed by atoms with Gasteiger partial charge in [-0.25, -0.2) is 4.79 Å². The molecule has 2 aliphatic heterocycles. The van der Waals surface area contributed by atoms with Crippen molar-refractivity contribution in [2.75, 3.05) is 32.8 Å². The first kappa shape index (κ1) is 40.5. The minimum absolute atomic E-state index is 0.000741. The highest BCUT2D eigenvalue weighted by molar-refractivity contribution is 6.38. The maximum absolute atomic E-state index is 14.1. The van der Waals surface area contributed by atoms with Crippen molar-refractivity contribution < 1.29 is 38.2 Å². The zero-order valence-corrected chi connectivity index (χ0v) is 30.2. The molecule has 13 nitrogen and oxygen atoms in total. The summed E-state index contributed by atoms with van der Waals surface area (Å²) in [6.07, 6.45) is 3.15. The molecule has 0 unspecified atom stereocenters. The lowest BCUT2D eigenvalue weighted by Gasteiger charge is -2.29. The summed E-state index contributed by atoms with van der Waals surface area (Å²) in [5.74, 6) is -2.51. The topological polar surface area (TPSA) is 178 Å². The number of nitrogens with one attached hydrogen (secondary N) is 3. The normalized spacial score (nSPS) is 18.5. The number of benzene rings is 2. The van der Waals surface area contributed by atoms with Crippen molar-refractivity contribution in [1.82, 2.24) is 20.9 Å². The number of ether oxygens (including phenoxy) is 3. The fraction of sp³-hybridized carbons (Fsp3) is 0.500. The van der Waals surface area contributed by atoms with Gasteiger partial charge < -0.3 is 40.8 Å². The summed E-state index contributed by atoms with van der Waals surface area (Å²) < 4.78 is 16.9. The number of alkyl carbamates (subject to hydrolysis) is 1. The summed E-state index contributed by atoms with van der Waals surface area (Å²) in [5, 5.41) is 8.69. The summed E-state index contributed by atoms with van der Waals surface area (Å²) in [4.78, 5) is 68.7. The molecule has 0 radical (unpaired) electrons. The van der Waals surface area contributed by atoms with Crippen LogP contribution < -0.4 is 21.7 Å². The summed E-state index contributed by atoms with van der Waals surface area (Å²) >= 11 is 6.03. The van der Waals surface area contributed by atoms with E-state index in [-0.39, 0.29) is 44.9 Å². The van der Waals surface area contributed by atoms with Crippen molar-refractivity contribution in [3.8, 4) is 0 Å². The van der Waals surface area contributed by atoms with Crippen LogP contribution in [0.4, 0.5) is 4.79 Å². The minimum atomic E-state index is -1.13. The Bertz CT molecular complexity index is 1490. The average molecular weight is 740 g/mol. The van der Waals surface area contributed by atoms with E-state index in [4.69, 9.17) is 31.5 Å². The quantitative estimate of drug-likeness (QED) is 0.0955. The van der Waals surface area contributed by atoms with Gasteiger partial charge in [0.05, 0.1) is 18.8 Å². The van der Waals surface area contributed by atoms with Gasteiger partial charge in [-0.1, -0.05) is 60.1 Å². The molecule has 2 aliphatic rings. The fourth-order valence-corrected chi connectivity index (χ4v) is 6.29. The van der Waals surface area contributed by atoms with Crippen LogP contribution in [0.1, 0.15) is 56.1 Å². The predicted molar refractivity (Wildman–Crippen MR) is 195 cm³/mol. The molecule has 282 valence electrons. The number of nitrogens with zero attached hydrogens (tertiary/aromatic N) is 1. The maximum Gasteiger partial charge on any atom is 0.408 e. The molecular formula is C38H50ClN5O8. The summed E-state index contributed by atoms with van der Waals surface area (Å²) in [6.45, 7) is 5.90. The van der Waals surface area contributed by atoms with Crippen LogP contribution in [-0.4, -0.2) is 91.6 Å². The van der Waals surface area contributed by atoms with Crippen molar-refractivity contribution >= 4 is 41.2 Å². The molecular weight excluding hydrogens is 690 g/mol. The number of carbonyl (C=O) groups is 5. The number of rotatable bonds is 19. The van der Waals surface area contributed by atoms with Gasteiger partial charge in [-0.05, 0) is 74.2 Å². The Kier molecular flexibility index (Phi) is 16.6. The highest BCUT2D eigenvalue weighted by atomic mass is 35.5. The molecule has 4 rings (SSSR count). The standard InChI is InChI=1S/C38H50ClN5O8/c1-2-8-32(43-38(49)52-25-27-9-4-3-5-10-27)37(48)44-23-30(51-24-28-12-14-29(39)15-13-28)21-33(44)35(46)42-31(11-6-7-18-40)34(45)36(47)41-22-26-16-19-50-20-17-26/h2-5,9-10,12-15,26,30-33H,1,6-8,11,16-25,40H2,(H,41,47)(H,42,46)(H,43,49)/t30-,31+,32-,33+/m1/s1. The Hall–Kier alpha value is -4.30. The highest BCUT2D eigenvalue weighted by Crippen LogP contribution is 2.25. The number of hydrogen-bond acceptors (Lipinski definition) is 9. The first-order valence-electron chi connectivity index (χ1n) is 17.8. The van der Waals surface area contributed by atoms with E-state index in [1.165, 1.54) is 11.0 Å².